The zero-order chi connectivity index (χ0) is 21.8. The first-order valence-electron chi connectivity index (χ1n) is 9.90. The standard InChI is InChI=1S/C22H20N4O3S2/c1-2-3-11-23-21-25-26-22(31-21)30-12-17(27)24-16-10-6-9-15-18(16)20(29)14-8-5-4-7-13(14)19(15)28/h4-10H,2-3,11-12H2,1H3,(H,23,25)(H,24,27). The van der Waals surface area contributed by atoms with Gasteiger partial charge in [0.1, 0.15) is 0 Å². The Kier molecular flexibility index (Phi) is 6.43. The number of hydrogen-bond donors (Lipinski definition) is 2. The molecule has 9 heteroatoms. The molecule has 0 saturated heterocycles. The van der Waals surface area contributed by atoms with Gasteiger partial charge in [-0.15, -0.1) is 10.2 Å². The Labute approximate surface area is 187 Å². The summed E-state index contributed by atoms with van der Waals surface area (Å²) in [6, 6.07) is 11.7. The van der Waals surface area contributed by atoms with Crippen LogP contribution >= 0.6 is 23.1 Å². The van der Waals surface area contributed by atoms with Crippen molar-refractivity contribution in [1.29, 1.82) is 0 Å². The molecule has 0 fully saturated rings. The van der Waals surface area contributed by atoms with Crippen LogP contribution in [0.2, 0.25) is 0 Å². The molecule has 1 aliphatic carbocycles. The minimum atomic E-state index is -0.284. The van der Waals surface area contributed by atoms with Crippen LogP contribution in [0.1, 0.15) is 51.6 Å². The molecule has 1 amide bonds. The third-order valence-electron chi connectivity index (χ3n) is 4.77. The van der Waals surface area contributed by atoms with Crippen molar-refractivity contribution >= 4 is 51.4 Å². The second-order valence-electron chi connectivity index (χ2n) is 6.92. The van der Waals surface area contributed by atoms with E-state index in [0.717, 1.165) is 24.5 Å². The van der Waals surface area contributed by atoms with Gasteiger partial charge in [-0.3, -0.25) is 14.4 Å². The maximum atomic E-state index is 13.0. The first-order chi connectivity index (χ1) is 15.1. The Morgan fingerprint density at radius 2 is 1.74 bits per heavy atom. The van der Waals surface area contributed by atoms with Crippen LogP contribution in [0.15, 0.2) is 46.8 Å². The van der Waals surface area contributed by atoms with Crippen molar-refractivity contribution in [2.75, 3.05) is 22.9 Å². The van der Waals surface area contributed by atoms with Crippen LogP contribution in [-0.4, -0.2) is 40.0 Å². The minimum absolute atomic E-state index is 0.117. The van der Waals surface area contributed by atoms with E-state index in [-0.39, 0.29) is 28.8 Å². The minimum Gasteiger partial charge on any atom is -0.360 e. The van der Waals surface area contributed by atoms with Gasteiger partial charge < -0.3 is 10.6 Å². The van der Waals surface area contributed by atoms with E-state index >= 15 is 0 Å². The second kappa shape index (κ2) is 9.40. The van der Waals surface area contributed by atoms with Gasteiger partial charge in [0.15, 0.2) is 15.9 Å². The lowest BCUT2D eigenvalue weighted by Gasteiger charge is -2.20. The van der Waals surface area contributed by atoms with Gasteiger partial charge in [-0.05, 0) is 12.5 Å². The van der Waals surface area contributed by atoms with E-state index in [4.69, 9.17) is 0 Å². The molecular formula is C22H20N4O3S2. The molecule has 0 unspecified atom stereocenters. The molecule has 0 radical (unpaired) electrons. The Morgan fingerprint density at radius 3 is 2.52 bits per heavy atom. The van der Waals surface area contributed by atoms with Crippen LogP contribution in [0.3, 0.4) is 0 Å². The van der Waals surface area contributed by atoms with E-state index in [2.05, 4.69) is 27.8 Å². The summed E-state index contributed by atoms with van der Waals surface area (Å²) in [5.41, 5.74) is 1.63. The molecule has 0 saturated carbocycles. The van der Waals surface area contributed by atoms with Crippen molar-refractivity contribution in [1.82, 2.24) is 10.2 Å². The van der Waals surface area contributed by atoms with Crippen molar-refractivity contribution in [2.24, 2.45) is 0 Å². The molecule has 7 nitrogen and oxygen atoms in total. The molecule has 0 aliphatic heterocycles. The number of carbonyl (C=O) groups is 3. The highest BCUT2D eigenvalue weighted by Gasteiger charge is 2.31. The normalized spacial score (nSPS) is 12.3. The summed E-state index contributed by atoms with van der Waals surface area (Å²) >= 11 is 2.67. The maximum Gasteiger partial charge on any atom is 0.234 e. The summed E-state index contributed by atoms with van der Waals surface area (Å²) in [7, 11) is 0. The van der Waals surface area contributed by atoms with Gasteiger partial charge in [0.25, 0.3) is 0 Å². The molecular weight excluding hydrogens is 432 g/mol. The molecule has 0 atom stereocenters. The predicted molar refractivity (Wildman–Crippen MR) is 122 cm³/mol. The smallest absolute Gasteiger partial charge is 0.234 e. The number of thioether (sulfide) groups is 1. The lowest BCUT2D eigenvalue weighted by Crippen LogP contribution is -2.24. The maximum absolute atomic E-state index is 13.0. The van der Waals surface area contributed by atoms with Crippen molar-refractivity contribution in [3.63, 3.8) is 0 Å². The van der Waals surface area contributed by atoms with E-state index in [1.807, 2.05) is 0 Å². The van der Waals surface area contributed by atoms with Crippen LogP contribution in [0.4, 0.5) is 10.8 Å². The summed E-state index contributed by atoms with van der Waals surface area (Å²) in [6.07, 6.45) is 2.15. The van der Waals surface area contributed by atoms with Crippen LogP contribution < -0.4 is 10.6 Å². The summed E-state index contributed by atoms with van der Waals surface area (Å²) in [6.45, 7) is 2.96. The van der Waals surface area contributed by atoms with Crippen LogP contribution in [-0.2, 0) is 4.79 Å². The number of nitrogens with one attached hydrogen (secondary N) is 2. The van der Waals surface area contributed by atoms with Crippen LogP contribution in [0, 0.1) is 0 Å². The number of unbranched alkanes of at least 4 members (excludes halogenated alkanes) is 1. The van der Waals surface area contributed by atoms with Crippen molar-refractivity contribution in [2.45, 2.75) is 24.1 Å². The molecule has 2 N–H and O–H groups in total. The quantitative estimate of drug-likeness (QED) is 0.304. The monoisotopic (exact) mass is 452 g/mol. The van der Waals surface area contributed by atoms with Crippen LogP contribution in [0.25, 0.3) is 0 Å². The lowest BCUT2D eigenvalue weighted by molar-refractivity contribution is -0.113. The summed E-state index contributed by atoms with van der Waals surface area (Å²) < 4.78 is 0.685. The summed E-state index contributed by atoms with van der Waals surface area (Å²) in [5.74, 6) is -0.645. The second-order valence-corrected chi connectivity index (χ2v) is 9.12. The summed E-state index contributed by atoms with van der Waals surface area (Å²) in [5, 5.41) is 14.9. The highest BCUT2D eigenvalue weighted by atomic mass is 32.2. The Morgan fingerprint density at radius 1 is 1.00 bits per heavy atom. The van der Waals surface area contributed by atoms with E-state index in [1.54, 1.807) is 42.5 Å². The molecule has 1 aliphatic rings. The van der Waals surface area contributed by atoms with E-state index in [1.165, 1.54) is 23.1 Å². The molecule has 0 bridgehead atoms. The van der Waals surface area contributed by atoms with Gasteiger partial charge in [-0.25, -0.2) is 0 Å². The highest BCUT2D eigenvalue weighted by Crippen LogP contribution is 2.32. The number of benzene rings is 2. The topological polar surface area (TPSA) is 101 Å². The van der Waals surface area contributed by atoms with E-state index in [0.29, 0.717) is 26.7 Å². The van der Waals surface area contributed by atoms with E-state index < -0.39 is 0 Å². The van der Waals surface area contributed by atoms with Gasteiger partial charge in [0.05, 0.1) is 17.0 Å². The van der Waals surface area contributed by atoms with Crippen molar-refractivity contribution in [3.8, 4) is 0 Å². The number of anilines is 2. The number of amides is 1. The molecule has 2 aromatic carbocycles. The highest BCUT2D eigenvalue weighted by molar-refractivity contribution is 8.01. The third kappa shape index (κ3) is 4.52. The van der Waals surface area contributed by atoms with Gasteiger partial charge in [-0.2, -0.15) is 0 Å². The van der Waals surface area contributed by atoms with Gasteiger partial charge in [0, 0.05) is 23.2 Å². The zero-order valence-electron chi connectivity index (χ0n) is 16.8. The molecule has 1 aromatic heterocycles. The zero-order valence-corrected chi connectivity index (χ0v) is 18.4. The van der Waals surface area contributed by atoms with Gasteiger partial charge in [-0.1, -0.05) is 72.8 Å². The van der Waals surface area contributed by atoms with Crippen molar-refractivity contribution in [3.05, 3.63) is 64.7 Å². The fourth-order valence-corrected chi connectivity index (χ4v) is 4.85. The molecule has 3 aromatic rings. The Hall–Kier alpha value is -3.04. The number of rotatable bonds is 8. The molecule has 4 rings (SSSR count). The van der Waals surface area contributed by atoms with Crippen molar-refractivity contribution < 1.29 is 14.4 Å². The SMILES string of the molecule is CCCCNc1nnc(SCC(=O)Nc2cccc3c2C(=O)c2ccccc2C3=O)s1. The molecule has 1 heterocycles. The van der Waals surface area contributed by atoms with Crippen LogP contribution in [0.5, 0.6) is 0 Å². The average Bonchev–Trinajstić information content (AvgIpc) is 3.24. The van der Waals surface area contributed by atoms with Gasteiger partial charge in [0.2, 0.25) is 11.0 Å². The van der Waals surface area contributed by atoms with Gasteiger partial charge >= 0.3 is 0 Å². The van der Waals surface area contributed by atoms with E-state index in [9.17, 15) is 14.4 Å². The molecule has 0 spiro atoms. The number of nitrogens with zero attached hydrogens (tertiary/aromatic N) is 2. The molecule has 31 heavy (non-hydrogen) atoms. The summed E-state index contributed by atoms with van der Waals surface area (Å²) in [4.78, 5) is 38.4. The number of hydrogen-bond acceptors (Lipinski definition) is 8. The first kappa shape index (κ1) is 21.2. The Bertz CT molecular complexity index is 1160. The lowest BCUT2D eigenvalue weighted by atomic mass is 9.83. The number of fused-ring (bicyclic) bond motifs is 2. The molecule has 158 valence electrons. The number of ketones is 2. The largest absolute Gasteiger partial charge is 0.360 e. The fourth-order valence-electron chi connectivity index (χ4n) is 3.27. The Balaban J connectivity index is 1.44. The fraction of sp³-hybridized carbons (Fsp3) is 0.227. The number of aromatic nitrogens is 2. The third-order valence-corrected chi connectivity index (χ3v) is 6.78. The predicted octanol–water partition coefficient (Wildman–Crippen LogP) is 4.26. The average molecular weight is 453 g/mol. The first-order valence-corrected chi connectivity index (χ1v) is 11.7. The number of carbonyl (C=O) groups excluding carboxylic acids is 3.